The van der Waals surface area contributed by atoms with Crippen molar-refractivity contribution in [2.24, 2.45) is 0 Å². The summed E-state index contributed by atoms with van der Waals surface area (Å²) in [6.07, 6.45) is 1.98. The van der Waals surface area contributed by atoms with Crippen molar-refractivity contribution < 1.29 is 23.4 Å². The number of amides is 1. The van der Waals surface area contributed by atoms with Gasteiger partial charge in [-0.2, -0.15) is 0 Å². The SMILES string of the molecule is COc1ccc(OC)c(C2CCCN2C(=O)CCOc2ccc(F)cc2Cl)c1. The van der Waals surface area contributed by atoms with Gasteiger partial charge in [-0.05, 0) is 49.2 Å². The second-order valence-corrected chi connectivity index (χ2v) is 6.93. The Morgan fingerprint density at radius 3 is 2.68 bits per heavy atom. The first kappa shape index (κ1) is 20.3. The zero-order valence-corrected chi connectivity index (χ0v) is 16.7. The molecule has 0 N–H and O–H groups in total. The van der Waals surface area contributed by atoms with E-state index in [-0.39, 0.29) is 30.0 Å². The number of benzene rings is 2. The highest BCUT2D eigenvalue weighted by atomic mass is 35.5. The van der Waals surface area contributed by atoms with Crippen LogP contribution < -0.4 is 14.2 Å². The molecule has 1 atom stereocenters. The van der Waals surface area contributed by atoms with Crippen LogP contribution in [0.4, 0.5) is 4.39 Å². The highest BCUT2D eigenvalue weighted by Gasteiger charge is 2.32. The summed E-state index contributed by atoms with van der Waals surface area (Å²) in [6, 6.07) is 9.47. The Morgan fingerprint density at radius 1 is 1.18 bits per heavy atom. The van der Waals surface area contributed by atoms with E-state index < -0.39 is 5.82 Å². The standard InChI is InChI=1S/C21H23ClFNO4/c1-26-15-6-8-19(27-2)16(13-15)18-4-3-10-24(18)21(25)9-11-28-20-7-5-14(23)12-17(20)22/h5-8,12-13,18H,3-4,9-11H2,1-2H3. The molecule has 0 radical (unpaired) electrons. The number of carbonyl (C=O) groups is 1. The Balaban J connectivity index is 1.66. The lowest BCUT2D eigenvalue weighted by Crippen LogP contribution is -2.31. The van der Waals surface area contributed by atoms with E-state index in [0.29, 0.717) is 12.3 Å². The molecule has 28 heavy (non-hydrogen) atoms. The Bertz CT molecular complexity index is 845. The van der Waals surface area contributed by atoms with Gasteiger partial charge < -0.3 is 19.1 Å². The van der Waals surface area contributed by atoms with E-state index in [4.69, 9.17) is 25.8 Å². The van der Waals surface area contributed by atoms with Crippen LogP contribution in [0.5, 0.6) is 17.2 Å². The van der Waals surface area contributed by atoms with Crippen molar-refractivity contribution in [3.8, 4) is 17.2 Å². The molecule has 1 amide bonds. The van der Waals surface area contributed by atoms with E-state index >= 15 is 0 Å². The van der Waals surface area contributed by atoms with Gasteiger partial charge in [0.2, 0.25) is 5.91 Å². The molecule has 2 aromatic rings. The molecule has 3 rings (SSSR count). The first-order valence-electron chi connectivity index (χ1n) is 9.12. The number of hydrogen-bond donors (Lipinski definition) is 0. The molecule has 2 aromatic carbocycles. The molecule has 5 nitrogen and oxygen atoms in total. The first-order chi connectivity index (χ1) is 13.5. The quantitative estimate of drug-likeness (QED) is 0.671. The van der Waals surface area contributed by atoms with Crippen molar-refractivity contribution in [3.63, 3.8) is 0 Å². The average molecular weight is 408 g/mol. The fourth-order valence-electron chi connectivity index (χ4n) is 3.47. The summed E-state index contributed by atoms with van der Waals surface area (Å²) >= 11 is 5.95. The maximum absolute atomic E-state index is 13.1. The van der Waals surface area contributed by atoms with Crippen molar-refractivity contribution in [3.05, 3.63) is 52.8 Å². The second-order valence-electron chi connectivity index (χ2n) is 6.53. The average Bonchev–Trinajstić information content (AvgIpc) is 3.18. The molecule has 0 saturated carbocycles. The van der Waals surface area contributed by atoms with Gasteiger partial charge in [-0.25, -0.2) is 4.39 Å². The van der Waals surface area contributed by atoms with Gasteiger partial charge in [0.15, 0.2) is 0 Å². The fourth-order valence-corrected chi connectivity index (χ4v) is 3.69. The van der Waals surface area contributed by atoms with E-state index in [1.54, 1.807) is 14.2 Å². The van der Waals surface area contributed by atoms with E-state index in [9.17, 15) is 9.18 Å². The second kappa shape index (κ2) is 9.15. The van der Waals surface area contributed by atoms with Crippen molar-refractivity contribution in [2.45, 2.75) is 25.3 Å². The first-order valence-corrected chi connectivity index (χ1v) is 9.50. The Labute approximate surface area is 168 Å². The van der Waals surface area contributed by atoms with E-state index in [1.807, 2.05) is 23.1 Å². The molecule has 0 spiro atoms. The lowest BCUT2D eigenvalue weighted by Gasteiger charge is -2.27. The predicted octanol–water partition coefficient (Wildman–Crippen LogP) is 4.63. The zero-order chi connectivity index (χ0) is 20.1. The van der Waals surface area contributed by atoms with Gasteiger partial charge in [-0.1, -0.05) is 11.6 Å². The van der Waals surface area contributed by atoms with Crippen LogP contribution in [-0.2, 0) is 4.79 Å². The Hall–Kier alpha value is -2.47. The fraction of sp³-hybridized carbons (Fsp3) is 0.381. The number of hydrogen-bond acceptors (Lipinski definition) is 4. The molecule has 1 fully saturated rings. The number of likely N-dealkylation sites (tertiary alicyclic amines) is 1. The minimum Gasteiger partial charge on any atom is -0.497 e. The largest absolute Gasteiger partial charge is 0.497 e. The minimum atomic E-state index is -0.430. The molecule has 1 heterocycles. The summed E-state index contributed by atoms with van der Waals surface area (Å²) in [6.45, 7) is 0.851. The van der Waals surface area contributed by atoms with Crippen LogP contribution in [0.3, 0.4) is 0 Å². The summed E-state index contributed by atoms with van der Waals surface area (Å²) in [5.74, 6) is 1.39. The molecular formula is C21H23ClFNO4. The third-order valence-electron chi connectivity index (χ3n) is 4.84. The zero-order valence-electron chi connectivity index (χ0n) is 15.9. The van der Waals surface area contributed by atoms with Crippen molar-refractivity contribution in [1.29, 1.82) is 0 Å². The number of nitrogens with zero attached hydrogens (tertiary/aromatic N) is 1. The monoisotopic (exact) mass is 407 g/mol. The maximum Gasteiger partial charge on any atom is 0.226 e. The highest BCUT2D eigenvalue weighted by molar-refractivity contribution is 6.32. The lowest BCUT2D eigenvalue weighted by molar-refractivity contribution is -0.132. The van der Waals surface area contributed by atoms with Crippen molar-refractivity contribution in [1.82, 2.24) is 4.90 Å². The van der Waals surface area contributed by atoms with Crippen LogP contribution in [-0.4, -0.2) is 38.2 Å². The molecule has 0 bridgehead atoms. The summed E-state index contributed by atoms with van der Waals surface area (Å²) in [7, 11) is 3.23. The molecule has 1 unspecified atom stereocenters. The van der Waals surface area contributed by atoms with E-state index in [1.165, 1.54) is 18.2 Å². The topological polar surface area (TPSA) is 48.0 Å². The molecule has 7 heteroatoms. The van der Waals surface area contributed by atoms with Crippen LogP contribution in [0.2, 0.25) is 5.02 Å². The van der Waals surface area contributed by atoms with Crippen LogP contribution in [0, 0.1) is 5.82 Å². The maximum atomic E-state index is 13.1. The number of methoxy groups -OCH3 is 2. The van der Waals surface area contributed by atoms with Crippen LogP contribution >= 0.6 is 11.6 Å². The molecule has 1 saturated heterocycles. The van der Waals surface area contributed by atoms with Crippen molar-refractivity contribution >= 4 is 17.5 Å². The van der Waals surface area contributed by atoms with Crippen LogP contribution in [0.25, 0.3) is 0 Å². The normalized spacial score (nSPS) is 16.1. The van der Waals surface area contributed by atoms with E-state index in [0.717, 1.165) is 29.9 Å². The third kappa shape index (κ3) is 4.50. The van der Waals surface area contributed by atoms with Gasteiger partial charge in [0.05, 0.1) is 38.3 Å². The Kier molecular flexibility index (Phi) is 6.62. The summed E-state index contributed by atoms with van der Waals surface area (Å²) in [4.78, 5) is 14.6. The highest BCUT2D eigenvalue weighted by Crippen LogP contribution is 2.39. The van der Waals surface area contributed by atoms with Gasteiger partial charge in [0.1, 0.15) is 23.1 Å². The van der Waals surface area contributed by atoms with Gasteiger partial charge >= 0.3 is 0 Å². The Morgan fingerprint density at radius 2 is 1.96 bits per heavy atom. The van der Waals surface area contributed by atoms with Crippen molar-refractivity contribution in [2.75, 3.05) is 27.4 Å². The lowest BCUT2D eigenvalue weighted by atomic mass is 10.0. The smallest absolute Gasteiger partial charge is 0.226 e. The van der Waals surface area contributed by atoms with Gasteiger partial charge in [0, 0.05) is 12.1 Å². The van der Waals surface area contributed by atoms with E-state index in [2.05, 4.69) is 0 Å². The molecular weight excluding hydrogens is 385 g/mol. The summed E-state index contributed by atoms with van der Waals surface area (Å²) in [5, 5.41) is 0.188. The third-order valence-corrected chi connectivity index (χ3v) is 5.13. The van der Waals surface area contributed by atoms with Crippen LogP contribution in [0.1, 0.15) is 30.9 Å². The molecule has 1 aliphatic rings. The summed E-state index contributed by atoms with van der Waals surface area (Å²) < 4.78 is 29.5. The number of ether oxygens (including phenoxy) is 3. The number of rotatable bonds is 7. The van der Waals surface area contributed by atoms with Gasteiger partial charge in [-0.15, -0.1) is 0 Å². The molecule has 0 aromatic heterocycles. The minimum absolute atomic E-state index is 0.00870. The van der Waals surface area contributed by atoms with Crippen LogP contribution in [0.15, 0.2) is 36.4 Å². The van der Waals surface area contributed by atoms with Gasteiger partial charge in [0.25, 0.3) is 0 Å². The summed E-state index contributed by atoms with van der Waals surface area (Å²) in [5.41, 5.74) is 0.940. The predicted molar refractivity (Wildman–Crippen MR) is 105 cm³/mol. The molecule has 0 aliphatic carbocycles. The molecule has 150 valence electrons. The number of halogens is 2. The van der Waals surface area contributed by atoms with Gasteiger partial charge in [-0.3, -0.25) is 4.79 Å². The molecule has 1 aliphatic heterocycles. The number of carbonyl (C=O) groups excluding carboxylic acids is 1.